The van der Waals surface area contributed by atoms with Crippen LogP contribution in [0.4, 0.5) is 10.5 Å². The molecule has 3 amide bonds. The molecule has 1 saturated heterocycles. The highest BCUT2D eigenvalue weighted by molar-refractivity contribution is 8.18. The molecule has 0 bridgehead atoms. The van der Waals surface area contributed by atoms with Crippen LogP contribution >= 0.6 is 11.8 Å². The van der Waals surface area contributed by atoms with E-state index in [-0.39, 0.29) is 21.9 Å². The fourth-order valence-electron chi connectivity index (χ4n) is 2.22. The summed E-state index contributed by atoms with van der Waals surface area (Å²) in [5.74, 6) is -1.57. The molecule has 0 unspecified atom stereocenters. The molecule has 3 rings (SSSR count). The lowest BCUT2D eigenvalue weighted by atomic mass is 10.2. The molecule has 10 heteroatoms. The van der Waals surface area contributed by atoms with Crippen molar-refractivity contribution in [2.45, 2.75) is 0 Å². The zero-order valence-electron chi connectivity index (χ0n) is 13.5. The first-order valence-electron chi connectivity index (χ1n) is 7.48. The second kappa shape index (κ2) is 7.30. The first-order chi connectivity index (χ1) is 12.9. The summed E-state index contributed by atoms with van der Waals surface area (Å²) >= 11 is 0.612. The number of hydrogen-bond acceptors (Lipinski definition) is 7. The minimum absolute atomic E-state index is 0.0329. The molecular formula is C17H11N3O6S. The van der Waals surface area contributed by atoms with Crippen LogP contribution in [-0.4, -0.2) is 32.1 Å². The number of hydrogen-bond donors (Lipinski definition) is 2. The summed E-state index contributed by atoms with van der Waals surface area (Å²) in [6.07, 6.45) is 1.35. The fraction of sp³-hybridized carbons (Fsp3) is 0. The van der Waals surface area contributed by atoms with Crippen molar-refractivity contribution in [2.75, 3.05) is 0 Å². The molecule has 2 N–H and O–H groups in total. The van der Waals surface area contributed by atoms with Gasteiger partial charge in [-0.2, -0.15) is 5.01 Å². The van der Waals surface area contributed by atoms with Gasteiger partial charge in [0.25, 0.3) is 17.5 Å². The highest BCUT2D eigenvalue weighted by atomic mass is 32.2. The lowest BCUT2D eigenvalue weighted by Gasteiger charge is -2.13. The Bertz CT molecular complexity index is 986. The van der Waals surface area contributed by atoms with Crippen LogP contribution in [0.5, 0.6) is 5.75 Å². The Kier molecular flexibility index (Phi) is 4.90. The number of phenols is 1. The fourth-order valence-corrected chi connectivity index (χ4v) is 2.99. The van der Waals surface area contributed by atoms with Crippen molar-refractivity contribution in [1.29, 1.82) is 0 Å². The highest BCUT2D eigenvalue weighted by Crippen LogP contribution is 2.32. The number of carbonyl (C=O) groups is 3. The molecule has 0 aliphatic carbocycles. The van der Waals surface area contributed by atoms with Crippen LogP contribution in [0.15, 0.2) is 53.4 Å². The Morgan fingerprint density at radius 2 is 1.81 bits per heavy atom. The number of hydrazine groups is 1. The predicted molar refractivity (Wildman–Crippen MR) is 96.5 cm³/mol. The summed E-state index contributed by atoms with van der Waals surface area (Å²) in [5, 5.41) is 20.2. The molecule has 2 aromatic carbocycles. The standard InChI is InChI=1S/C17H11N3O6S/c21-13-4-2-1-3-11(13)9-14-16(23)19(17(24)27-14)18-15(22)10-5-7-12(8-6-10)20(25)26/h1-9,21H,(H,18,22). The van der Waals surface area contributed by atoms with Gasteiger partial charge in [-0.3, -0.25) is 29.9 Å². The van der Waals surface area contributed by atoms with Gasteiger partial charge >= 0.3 is 5.24 Å². The molecule has 0 radical (unpaired) electrons. The van der Waals surface area contributed by atoms with Crippen LogP contribution in [0.2, 0.25) is 0 Å². The van der Waals surface area contributed by atoms with E-state index < -0.39 is 22.0 Å². The van der Waals surface area contributed by atoms with Gasteiger partial charge in [-0.15, -0.1) is 0 Å². The summed E-state index contributed by atoms with van der Waals surface area (Å²) in [4.78, 5) is 46.7. The summed E-state index contributed by atoms with van der Waals surface area (Å²) in [5.41, 5.74) is 2.38. The molecule has 27 heavy (non-hydrogen) atoms. The number of aromatic hydroxyl groups is 1. The van der Waals surface area contributed by atoms with Crippen molar-refractivity contribution in [3.05, 3.63) is 74.7 Å². The summed E-state index contributed by atoms with van der Waals surface area (Å²) in [6, 6.07) is 11.0. The number of rotatable bonds is 4. The lowest BCUT2D eigenvalue weighted by Crippen LogP contribution is -2.44. The predicted octanol–water partition coefficient (Wildman–Crippen LogP) is 2.68. The van der Waals surface area contributed by atoms with Crippen LogP contribution in [0.1, 0.15) is 15.9 Å². The Balaban J connectivity index is 1.76. The third-order valence-corrected chi connectivity index (χ3v) is 4.44. The van der Waals surface area contributed by atoms with E-state index in [2.05, 4.69) is 5.43 Å². The number of benzene rings is 2. The van der Waals surface area contributed by atoms with E-state index in [4.69, 9.17) is 0 Å². The van der Waals surface area contributed by atoms with Crippen LogP contribution in [-0.2, 0) is 4.79 Å². The molecule has 0 saturated carbocycles. The van der Waals surface area contributed by atoms with E-state index in [1.807, 2.05) is 0 Å². The number of phenolic OH excluding ortho intramolecular Hbond substituents is 1. The third kappa shape index (κ3) is 3.80. The number of nitrogens with one attached hydrogen (secondary N) is 1. The molecule has 1 fully saturated rings. The Morgan fingerprint density at radius 3 is 2.44 bits per heavy atom. The van der Waals surface area contributed by atoms with Crippen molar-refractivity contribution in [2.24, 2.45) is 0 Å². The molecule has 9 nitrogen and oxygen atoms in total. The van der Waals surface area contributed by atoms with Crippen molar-refractivity contribution in [3.63, 3.8) is 0 Å². The number of amides is 3. The SMILES string of the molecule is O=C(NN1C(=O)SC(=Cc2ccccc2O)C1=O)c1ccc([N+](=O)[O-])cc1. The zero-order chi connectivity index (χ0) is 19.6. The number of thioether (sulfide) groups is 1. The summed E-state index contributed by atoms with van der Waals surface area (Å²) < 4.78 is 0. The largest absolute Gasteiger partial charge is 0.507 e. The lowest BCUT2D eigenvalue weighted by molar-refractivity contribution is -0.384. The minimum Gasteiger partial charge on any atom is -0.507 e. The van der Waals surface area contributed by atoms with Gasteiger partial charge in [0, 0.05) is 23.3 Å². The highest BCUT2D eigenvalue weighted by Gasteiger charge is 2.37. The molecule has 0 atom stereocenters. The second-order valence-electron chi connectivity index (χ2n) is 5.32. The van der Waals surface area contributed by atoms with E-state index in [1.165, 1.54) is 24.3 Å². The van der Waals surface area contributed by atoms with Gasteiger partial charge in [0.05, 0.1) is 9.83 Å². The smallest absolute Gasteiger partial charge is 0.312 e. The normalized spacial score (nSPS) is 15.3. The Labute approximate surface area is 156 Å². The number of non-ortho nitro benzene ring substituents is 1. The number of nitrogens with zero attached hydrogens (tertiary/aromatic N) is 2. The van der Waals surface area contributed by atoms with Crippen LogP contribution in [0.3, 0.4) is 0 Å². The van der Waals surface area contributed by atoms with Gasteiger partial charge < -0.3 is 5.11 Å². The number of imide groups is 1. The molecule has 0 spiro atoms. The van der Waals surface area contributed by atoms with Gasteiger partial charge in [0.1, 0.15) is 5.75 Å². The van der Waals surface area contributed by atoms with E-state index in [0.29, 0.717) is 22.3 Å². The monoisotopic (exact) mass is 385 g/mol. The number of para-hydroxylation sites is 1. The van der Waals surface area contributed by atoms with Gasteiger partial charge in [-0.25, -0.2) is 0 Å². The molecule has 0 aromatic heterocycles. The molecular weight excluding hydrogens is 374 g/mol. The number of carbonyl (C=O) groups excluding carboxylic acids is 3. The van der Waals surface area contributed by atoms with E-state index in [0.717, 1.165) is 12.1 Å². The molecule has 136 valence electrons. The average Bonchev–Trinajstić information content (AvgIpc) is 2.91. The van der Waals surface area contributed by atoms with Gasteiger partial charge in [-0.1, -0.05) is 18.2 Å². The topological polar surface area (TPSA) is 130 Å². The first-order valence-corrected chi connectivity index (χ1v) is 8.30. The van der Waals surface area contributed by atoms with E-state index in [1.54, 1.807) is 18.2 Å². The quantitative estimate of drug-likeness (QED) is 0.470. The maximum atomic E-state index is 12.4. The molecule has 2 aromatic rings. The first kappa shape index (κ1) is 18.1. The van der Waals surface area contributed by atoms with Crippen molar-refractivity contribution in [3.8, 4) is 5.75 Å². The van der Waals surface area contributed by atoms with E-state index >= 15 is 0 Å². The van der Waals surface area contributed by atoms with Gasteiger partial charge in [0.15, 0.2) is 0 Å². The number of nitro benzene ring substituents is 1. The van der Waals surface area contributed by atoms with Crippen molar-refractivity contribution < 1.29 is 24.4 Å². The summed E-state index contributed by atoms with van der Waals surface area (Å²) in [7, 11) is 0. The average molecular weight is 385 g/mol. The Hall–Kier alpha value is -3.66. The maximum absolute atomic E-state index is 12.4. The van der Waals surface area contributed by atoms with Crippen LogP contribution in [0.25, 0.3) is 6.08 Å². The van der Waals surface area contributed by atoms with Crippen LogP contribution < -0.4 is 5.43 Å². The number of nitro groups is 1. The third-order valence-electron chi connectivity index (χ3n) is 3.57. The second-order valence-corrected chi connectivity index (χ2v) is 6.31. The maximum Gasteiger partial charge on any atom is 0.312 e. The Morgan fingerprint density at radius 1 is 1.15 bits per heavy atom. The van der Waals surface area contributed by atoms with E-state index in [9.17, 15) is 29.6 Å². The van der Waals surface area contributed by atoms with Crippen molar-refractivity contribution >= 4 is 40.6 Å². The van der Waals surface area contributed by atoms with Gasteiger partial charge in [-0.05, 0) is 36.0 Å². The van der Waals surface area contributed by atoms with Crippen molar-refractivity contribution in [1.82, 2.24) is 10.4 Å². The zero-order valence-corrected chi connectivity index (χ0v) is 14.3. The minimum atomic E-state index is -0.768. The molecule has 1 heterocycles. The van der Waals surface area contributed by atoms with Crippen LogP contribution in [0, 0.1) is 10.1 Å². The molecule has 1 aliphatic heterocycles. The molecule has 1 aliphatic rings. The summed E-state index contributed by atoms with van der Waals surface area (Å²) in [6.45, 7) is 0. The van der Waals surface area contributed by atoms with Gasteiger partial charge in [0.2, 0.25) is 0 Å².